The summed E-state index contributed by atoms with van der Waals surface area (Å²) in [6, 6.07) is -0.446. The molecule has 0 aromatic rings. The van der Waals surface area contributed by atoms with Crippen molar-refractivity contribution in [2.75, 3.05) is 0 Å². The van der Waals surface area contributed by atoms with Crippen LogP contribution in [0.15, 0.2) is 0 Å². The minimum absolute atomic E-state index is 0.446. The lowest BCUT2D eigenvalue weighted by molar-refractivity contribution is -0.223. The molecule has 6 nitrogen and oxygen atoms in total. The molecule has 3 N–H and O–H groups in total. The topological polar surface area (TPSA) is 84.2 Å². The van der Waals surface area contributed by atoms with Crippen molar-refractivity contribution in [3.8, 4) is 0 Å². The first-order valence-corrected chi connectivity index (χ1v) is 3.98. The Morgan fingerprint density at radius 2 is 1.85 bits per heavy atom. The summed E-state index contributed by atoms with van der Waals surface area (Å²) < 4.78 is 0. The second-order valence-electron chi connectivity index (χ2n) is 3.77. The van der Waals surface area contributed by atoms with Gasteiger partial charge in [-0.1, -0.05) is 0 Å². The molecular weight excluding hydrogens is 176 g/mol. The minimum Gasteiger partial charge on any atom is -0.479 e. The molecule has 0 unspecified atom stereocenters. The fourth-order valence-corrected chi connectivity index (χ4v) is 1.37. The Kier molecular flexibility index (Phi) is 2.33. The molecule has 76 valence electrons. The number of hydrogen-bond acceptors (Lipinski definition) is 5. The molecule has 0 amide bonds. The van der Waals surface area contributed by atoms with Gasteiger partial charge in [0.25, 0.3) is 0 Å². The molecule has 1 fully saturated rings. The number of carboxylic acid groups (broad SMARTS) is 1. The second-order valence-corrected chi connectivity index (χ2v) is 3.77. The Morgan fingerprint density at radius 1 is 1.38 bits per heavy atom. The Balaban J connectivity index is 2.98. The molecule has 1 heterocycles. The van der Waals surface area contributed by atoms with Crippen LogP contribution in [0.1, 0.15) is 20.8 Å². The number of hydroxylamine groups is 4. The van der Waals surface area contributed by atoms with Crippen molar-refractivity contribution in [1.82, 2.24) is 10.1 Å². The van der Waals surface area contributed by atoms with Crippen LogP contribution in [0.25, 0.3) is 0 Å². The van der Waals surface area contributed by atoms with Gasteiger partial charge in [-0.15, -0.1) is 0 Å². The number of rotatable bonds is 1. The highest BCUT2D eigenvalue weighted by Gasteiger charge is 2.53. The average molecular weight is 190 g/mol. The van der Waals surface area contributed by atoms with E-state index in [0.29, 0.717) is 10.1 Å². The highest BCUT2D eigenvalue weighted by molar-refractivity contribution is 5.73. The summed E-state index contributed by atoms with van der Waals surface area (Å²) in [7, 11) is 0. The largest absolute Gasteiger partial charge is 0.479 e. The van der Waals surface area contributed by atoms with Gasteiger partial charge in [0.05, 0.1) is 11.6 Å². The Bertz CT molecular complexity index is 231. The molecule has 0 bridgehead atoms. The average Bonchev–Trinajstić information content (AvgIpc) is 2.14. The van der Waals surface area contributed by atoms with E-state index in [4.69, 9.17) is 5.11 Å². The molecule has 13 heavy (non-hydrogen) atoms. The van der Waals surface area contributed by atoms with E-state index in [9.17, 15) is 15.2 Å². The number of nitrogens with zero attached hydrogens (tertiary/aromatic N) is 2. The summed E-state index contributed by atoms with van der Waals surface area (Å²) in [6.45, 7) is 4.96. The molecule has 0 aromatic heterocycles. The van der Waals surface area contributed by atoms with Crippen molar-refractivity contribution >= 4 is 5.97 Å². The van der Waals surface area contributed by atoms with Crippen LogP contribution >= 0.6 is 0 Å². The third-order valence-electron chi connectivity index (χ3n) is 2.71. The van der Waals surface area contributed by atoms with E-state index in [1.807, 2.05) is 0 Å². The Morgan fingerprint density at radius 3 is 2.00 bits per heavy atom. The Labute approximate surface area is 75.9 Å². The molecule has 0 saturated carbocycles. The summed E-state index contributed by atoms with van der Waals surface area (Å²) >= 11 is 0. The molecule has 1 aliphatic heterocycles. The summed E-state index contributed by atoms with van der Waals surface area (Å²) in [5, 5.41) is 28.9. The Hall–Kier alpha value is -0.690. The van der Waals surface area contributed by atoms with E-state index >= 15 is 0 Å². The van der Waals surface area contributed by atoms with Crippen molar-refractivity contribution in [2.45, 2.75) is 38.5 Å². The lowest BCUT2D eigenvalue weighted by atomic mass is 9.98. The van der Waals surface area contributed by atoms with Gasteiger partial charge in [0.15, 0.2) is 0 Å². The van der Waals surface area contributed by atoms with Crippen LogP contribution in [0, 0.1) is 0 Å². The molecule has 1 aliphatic rings. The van der Waals surface area contributed by atoms with Crippen molar-refractivity contribution in [3.05, 3.63) is 0 Å². The zero-order valence-corrected chi connectivity index (χ0v) is 7.80. The van der Waals surface area contributed by atoms with Gasteiger partial charge in [-0.3, -0.25) is 0 Å². The third kappa shape index (κ3) is 1.31. The van der Waals surface area contributed by atoms with E-state index in [1.165, 1.54) is 0 Å². The SMILES string of the molecule is C[C@H]1N(O)[C@H](C(=O)O)N(O)C1(C)C. The summed E-state index contributed by atoms with van der Waals surface area (Å²) in [4.78, 5) is 10.7. The van der Waals surface area contributed by atoms with Gasteiger partial charge in [-0.05, 0) is 20.8 Å². The molecule has 0 aromatic carbocycles. The molecule has 1 rings (SSSR count). The third-order valence-corrected chi connectivity index (χ3v) is 2.71. The molecule has 0 aliphatic carbocycles. The van der Waals surface area contributed by atoms with E-state index in [2.05, 4.69) is 0 Å². The number of carbonyl (C=O) groups is 1. The van der Waals surface area contributed by atoms with Crippen LogP contribution in [0.3, 0.4) is 0 Å². The fourth-order valence-electron chi connectivity index (χ4n) is 1.37. The van der Waals surface area contributed by atoms with E-state index in [0.717, 1.165) is 0 Å². The fraction of sp³-hybridized carbons (Fsp3) is 0.857. The molecule has 0 radical (unpaired) electrons. The maximum Gasteiger partial charge on any atom is 0.340 e. The molecule has 6 heteroatoms. The van der Waals surface area contributed by atoms with Crippen molar-refractivity contribution < 1.29 is 20.3 Å². The van der Waals surface area contributed by atoms with Gasteiger partial charge in [0.1, 0.15) is 0 Å². The zero-order chi connectivity index (χ0) is 10.4. The van der Waals surface area contributed by atoms with E-state index in [-0.39, 0.29) is 0 Å². The molecule has 0 spiro atoms. The van der Waals surface area contributed by atoms with Crippen LogP contribution in [-0.2, 0) is 4.79 Å². The molecule has 2 atom stereocenters. The summed E-state index contributed by atoms with van der Waals surface area (Å²) in [5.41, 5.74) is -0.780. The van der Waals surface area contributed by atoms with Gasteiger partial charge in [0, 0.05) is 0 Å². The van der Waals surface area contributed by atoms with Crippen molar-refractivity contribution in [1.29, 1.82) is 0 Å². The minimum atomic E-state index is -1.38. The summed E-state index contributed by atoms with van der Waals surface area (Å²) in [6.07, 6.45) is -1.38. The maximum atomic E-state index is 10.7. The quantitative estimate of drug-likeness (QED) is 0.538. The highest BCUT2D eigenvalue weighted by atomic mass is 16.6. The highest BCUT2D eigenvalue weighted by Crippen LogP contribution is 2.32. The maximum absolute atomic E-state index is 10.7. The van der Waals surface area contributed by atoms with Gasteiger partial charge in [0.2, 0.25) is 6.17 Å². The second kappa shape index (κ2) is 2.91. The summed E-state index contributed by atoms with van der Waals surface area (Å²) in [5.74, 6) is -1.28. The standard InChI is InChI=1S/C7H14N2O4/c1-4-7(2,3)9(13)5(6(10)11)8(4)12/h4-5,12-13H,1-3H3,(H,10,11)/t4-,5+/m1/s1. The first-order chi connectivity index (χ1) is 5.80. The first kappa shape index (κ1) is 10.4. The smallest absolute Gasteiger partial charge is 0.340 e. The molecule has 1 saturated heterocycles. The zero-order valence-electron chi connectivity index (χ0n) is 7.80. The van der Waals surface area contributed by atoms with Gasteiger partial charge in [-0.2, -0.15) is 10.1 Å². The number of aliphatic carboxylic acids is 1. The monoisotopic (exact) mass is 190 g/mol. The van der Waals surface area contributed by atoms with Crippen molar-refractivity contribution in [3.63, 3.8) is 0 Å². The van der Waals surface area contributed by atoms with Crippen LogP contribution in [0.5, 0.6) is 0 Å². The lowest BCUT2D eigenvalue weighted by Gasteiger charge is -2.28. The van der Waals surface area contributed by atoms with Gasteiger partial charge >= 0.3 is 5.97 Å². The van der Waals surface area contributed by atoms with E-state index in [1.54, 1.807) is 20.8 Å². The van der Waals surface area contributed by atoms with Crippen molar-refractivity contribution in [2.24, 2.45) is 0 Å². The van der Waals surface area contributed by atoms with Crippen LogP contribution in [0.4, 0.5) is 0 Å². The predicted molar refractivity (Wildman–Crippen MR) is 42.2 cm³/mol. The van der Waals surface area contributed by atoms with Crippen LogP contribution < -0.4 is 0 Å². The van der Waals surface area contributed by atoms with Crippen LogP contribution in [-0.4, -0.2) is 49.4 Å². The molecular formula is C7H14N2O4. The lowest BCUT2D eigenvalue weighted by Crippen LogP contribution is -2.46. The normalized spacial score (nSPS) is 35.2. The van der Waals surface area contributed by atoms with Crippen LogP contribution in [0.2, 0.25) is 0 Å². The van der Waals surface area contributed by atoms with Gasteiger partial charge in [-0.25, -0.2) is 4.79 Å². The number of hydrogen-bond donors (Lipinski definition) is 3. The van der Waals surface area contributed by atoms with Gasteiger partial charge < -0.3 is 15.5 Å². The predicted octanol–water partition coefficient (Wildman–Crippen LogP) is -0.0398. The van der Waals surface area contributed by atoms with E-state index < -0.39 is 23.7 Å². The number of carboxylic acids is 1. The first-order valence-electron chi connectivity index (χ1n) is 3.98.